The number of hydrogen-bond donors (Lipinski definition) is 2. The number of halogens is 3. The molecule has 2 aromatic carbocycles. The van der Waals surface area contributed by atoms with Crippen LogP contribution in [0.4, 0.5) is 36.3 Å². The van der Waals surface area contributed by atoms with Crippen molar-refractivity contribution >= 4 is 23.1 Å². The van der Waals surface area contributed by atoms with Crippen molar-refractivity contribution in [3.8, 4) is 5.75 Å². The monoisotopic (exact) mass is 444 g/mol. The topological polar surface area (TPSA) is 59.1 Å². The van der Waals surface area contributed by atoms with E-state index in [4.69, 9.17) is 4.74 Å². The number of benzene rings is 2. The summed E-state index contributed by atoms with van der Waals surface area (Å²) >= 11 is 0. The Morgan fingerprint density at radius 2 is 1.53 bits per heavy atom. The molecule has 0 saturated carbocycles. The predicted molar refractivity (Wildman–Crippen MR) is 121 cm³/mol. The van der Waals surface area contributed by atoms with Crippen LogP contribution < -0.4 is 15.4 Å². The lowest BCUT2D eigenvalue weighted by atomic mass is 10.1. The molecule has 0 aliphatic carbocycles. The minimum absolute atomic E-state index is 0.0539. The van der Waals surface area contributed by atoms with Gasteiger partial charge >= 0.3 is 6.18 Å². The molecule has 3 aromatic rings. The van der Waals surface area contributed by atoms with Gasteiger partial charge < -0.3 is 15.4 Å². The van der Waals surface area contributed by atoms with Gasteiger partial charge in [0.05, 0.1) is 7.11 Å². The summed E-state index contributed by atoms with van der Waals surface area (Å²) in [4.78, 5) is 7.91. The maximum atomic E-state index is 13.5. The third-order valence-electron chi connectivity index (χ3n) is 4.98. The van der Waals surface area contributed by atoms with Gasteiger partial charge in [0.15, 0.2) is 0 Å². The van der Waals surface area contributed by atoms with Gasteiger partial charge in [-0.05, 0) is 54.8 Å². The first kappa shape index (κ1) is 23.4. The average molecular weight is 445 g/mol. The molecule has 0 aliphatic heterocycles. The Hall–Kier alpha value is -3.29. The molecule has 170 valence electrons. The standard InChI is InChI=1S/C24H27F3N4O/c1-3-4-5-6-7-17-8-10-18(11-9-17)29-22-21(24(25,26)27)16-28-23(31-22)30-19-12-14-20(32-2)15-13-19/h8-16H,3-7H2,1-2H3,(H2,28,29,30,31). The number of aryl methyl sites for hydroxylation is 1. The van der Waals surface area contributed by atoms with Gasteiger partial charge in [-0.25, -0.2) is 4.98 Å². The minimum atomic E-state index is -4.58. The van der Waals surface area contributed by atoms with Crippen LogP contribution in [0.3, 0.4) is 0 Å². The van der Waals surface area contributed by atoms with Crippen LogP contribution in [0.15, 0.2) is 54.7 Å². The number of rotatable bonds is 10. The van der Waals surface area contributed by atoms with Crippen molar-refractivity contribution in [3.63, 3.8) is 0 Å². The van der Waals surface area contributed by atoms with Gasteiger partial charge in [-0.1, -0.05) is 38.3 Å². The van der Waals surface area contributed by atoms with Crippen LogP contribution in [0.5, 0.6) is 5.75 Å². The van der Waals surface area contributed by atoms with Gasteiger partial charge in [0, 0.05) is 17.6 Å². The van der Waals surface area contributed by atoms with Gasteiger partial charge in [0.1, 0.15) is 17.1 Å². The number of ether oxygens (including phenoxy) is 1. The maximum Gasteiger partial charge on any atom is 0.421 e. The van der Waals surface area contributed by atoms with Crippen LogP contribution in [-0.2, 0) is 12.6 Å². The number of nitrogens with one attached hydrogen (secondary N) is 2. The van der Waals surface area contributed by atoms with E-state index in [0.717, 1.165) is 24.6 Å². The Labute approximate surface area is 186 Å². The molecule has 2 N–H and O–H groups in total. The fraction of sp³-hybridized carbons (Fsp3) is 0.333. The Kier molecular flexibility index (Phi) is 7.92. The van der Waals surface area contributed by atoms with E-state index in [0.29, 0.717) is 17.1 Å². The molecule has 5 nitrogen and oxygen atoms in total. The molecule has 0 atom stereocenters. The molecule has 0 aliphatic rings. The highest BCUT2D eigenvalue weighted by atomic mass is 19.4. The van der Waals surface area contributed by atoms with E-state index >= 15 is 0 Å². The molecule has 0 radical (unpaired) electrons. The minimum Gasteiger partial charge on any atom is -0.497 e. The van der Waals surface area contributed by atoms with E-state index in [9.17, 15) is 13.2 Å². The first-order valence-electron chi connectivity index (χ1n) is 10.6. The molecule has 0 amide bonds. The highest BCUT2D eigenvalue weighted by molar-refractivity contribution is 5.63. The Morgan fingerprint density at radius 3 is 2.16 bits per heavy atom. The Balaban J connectivity index is 1.76. The summed E-state index contributed by atoms with van der Waals surface area (Å²) in [6.45, 7) is 2.17. The molecule has 1 aromatic heterocycles. The Morgan fingerprint density at radius 1 is 0.875 bits per heavy atom. The van der Waals surface area contributed by atoms with Crippen molar-refractivity contribution in [2.45, 2.75) is 45.2 Å². The molecule has 3 rings (SSSR count). The van der Waals surface area contributed by atoms with Crippen molar-refractivity contribution in [2.75, 3.05) is 17.7 Å². The second-order valence-electron chi connectivity index (χ2n) is 7.44. The molecule has 0 bridgehead atoms. The van der Waals surface area contributed by atoms with Gasteiger partial charge in [0.25, 0.3) is 0 Å². The first-order valence-corrected chi connectivity index (χ1v) is 10.6. The number of methoxy groups -OCH3 is 1. The summed E-state index contributed by atoms with van der Waals surface area (Å²) in [5, 5.41) is 5.71. The lowest BCUT2D eigenvalue weighted by Crippen LogP contribution is -2.12. The summed E-state index contributed by atoms with van der Waals surface area (Å²) in [5.74, 6) is 0.414. The van der Waals surface area contributed by atoms with E-state index in [1.165, 1.54) is 19.3 Å². The van der Waals surface area contributed by atoms with E-state index in [1.807, 2.05) is 12.1 Å². The van der Waals surface area contributed by atoms with Crippen LogP contribution in [0, 0.1) is 0 Å². The number of hydrogen-bond acceptors (Lipinski definition) is 5. The van der Waals surface area contributed by atoms with Crippen molar-refractivity contribution in [1.29, 1.82) is 0 Å². The quantitative estimate of drug-likeness (QED) is 0.326. The summed E-state index contributed by atoms with van der Waals surface area (Å²) < 4.78 is 45.6. The Bertz CT molecular complexity index is 990. The van der Waals surface area contributed by atoms with Crippen molar-refractivity contribution < 1.29 is 17.9 Å². The van der Waals surface area contributed by atoms with Crippen molar-refractivity contribution in [2.24, 2.45) is 0 Å². The molecule has 0 saturated heterocycles. The second kappa shape index (κ2) is 10.8. The molecule has 8 heteroatoms. The highest BCUT2D eigenvalue weighted by Crippen LogP contribution is 2.35. The normalized spacial score (nSPS) is 11.3. The van der Waals surface area contributed by atoms with E-state index < -0.39 is 11.7 Å². The molecule has 32 heavy (non-hydrogen) atoms. The summed E-state index contributed by atoms with van der Waals surface area (Å²) in [6, 6.07) is 14.3. The smallest absolute Gasteiger partial charge is 0.421 e. The number of aromatic nitrogens is 2. The zero-order valence-corrected chi connectivity index (χ0v) is 18.2. The van der Waals surface area contributed by atoms with Gasteiger partial charge in [-0.3, -0.25) is 0 Å². The molecular formula is C24H27F3N4O. The number of unbranched alkanes of at least 4 members (excludes halogenated alkanes) is 3. The molecule has 0 unspecified atom stereocenters. The first-order chi connectivity index (χ1) is 15.4. The van der Waals surface area contributed by atoms with Gasteiger partial charge in [0.2, 0.25) is 5.95 Å². The van der Waals surface area contributed by atoms with Crippen LogP contribution in [0.2, 0.25) is 0 Å². The van der Waals surface area contributed by atoms with Crippen LogP contribution in [0.1, 0.15) is 43.7 Å². The fourth-order valence-corrected chi connectivity index (χ4v) is 3.20. The largest absolute Gasteiger partial charge is 0.497 e. The van der Waals surface area contributed by atoms with E-state index in [-0.39, 0.29) is 11.8 Å². The molecule has 1 heterocycles. The van der Waals surface area contributed by atoms with Crippen LogP contribution in [0.25, 0.3) is 0 Å². The molecular weight excluding hydrogens is 417 g/mol. The van der Waals surface area contributed by atoms with Crippen LogP contribution in [-0.4, -0.2) is 17.1 Å². The summed E-state index contributed by atoms with van der Waals surface area (Å²) in [7, 11) is 1.55. The summed E-state index contributed by atoms with van der Waals surface area (Å²) in [6.07, 6.45) is 1.82. The second-order valence-corrected chi connectivity index (χ2v) is 7.44. The number of nitrogens with zero attached hydrogens (tertiary/aromatic N) is 2. The molecule has 0 fully saturated rings. The van der Waals surface area contributed by atoms with Crippen LogP contribution >= 0.6 is 0 Å². The van der Waals surface area contributed by atoms with Gasteiger partial charge in [-0.15, -0.1) is 0 Å². The highest BCUT2D eigenvalue weighted by Gasteiger charge is 2.35. The summed E-state index contributed by atoms with van der Waals surface area (Å²) in [5.41, 5.74) is 1.39. The number of anilines is 4. The lowest BCUT2D eigenvalue weighted by Gasteiger charge is -2.15. The third kappa shape index (κ3) is 6.60. The number of alkyl halides is 3. The zero-order valence-electron chi connectivity index (χ0n) is 18.2. The third-order valence-corrected chi connectivity index (χ3v) is 4.98. The fourth-order valence-electron chi connectivity index (χ4n) is 3.20. The van der Waals surface area contributed by atoms with Gasteiger partial charge in [-0.2, -0.15) is 18.2 Å². The van der Waals surface area contributed by atoms with E-state index in [1.54, 1.807) is 43.5 Å². The molecule has 0 spiro atoms. The lowest BCUT2D eigenvalue weighted by molar-refractivity contribution is -0.137. The van der Waals surface area contributed by atoms with Crippen molar-refractivity contribution in [3.05, 3.63) is 65.9 Å². The average Bonchev–Trinajstić information content (AvgIpc) is 2.78. The van der Waals surface area contributed by atoms with E-state index in [2.05, 4.69) is 27.5 Å². The zero-order chi connectivity index (χ0) is 23.0. The predicted octanol–water partition coefficient (Wildman–Crippen LogP) is 7.11. The van der Waals surface area contributed by atoms with Crippen molar-refractivity contribution in [1.82, 2.24) is 9.97 Å². The maximum absolute atomic E-state index is 13.5. The SMILES string of the molecule is CCCCCCc1ccc(Nc2nc(Nc3ccc(OC)cc3)ncc2C(F)(F)F)cc1.